The topological polar surface area (TPSA) is 93.5 Å². The largest absolute Gasteiger partial charge is 0.495 e. The number of halogens is 1. The van der Waals surface area contributed by atoms with Crippen LogP contribution >= 0.6 is 11.6 Å². The van der Waals surface area contributed by atoms with E-state index in [1.54, 1.807) is 18.2 Å². The van der Waals surface area contributed by atoms with E-state index in [0.29, 0.717) is 16.5 Å². The molecule has 0 aromatic heterocycles. The van der Waals surface area contributed by atoms with Gasteiger partial charge in [-0.3, -0.25) is 10.1 Å². The lowest BCUT2D eigenvalue weighted by Crippen LogP contribution is -2.20. The zero-order chi connectivity index (χ0) is 16.1. The Morgan fingerprint density at radius 2 is 1.86 bits per heavy atom. The van der Waals surface area contributed by atoms with Gasteiger partial charge in [0.25, 0.3) is 5.69 Å². The molecule has 2 amide bonds. The quantitative estimate of drug-likeness (QED) is 0.659. The van der Waals surface area contributed by atoms with Crippen LogP contribution in [-0.4, -0.2) is 18.1 Å². The van der Waals surface area contributed by atoms with Gasteiger partial charge >= 0.3 is 6.03 Å². The smallest absolute Gasteiger partial charge is 0.323 e. The summed E-state index contributed by atoms with van der Waals surface area (Å²) >= 11 is 5.87. The van der Waals surface area contributed by atoms with Crippen molar-refractivity contribution in [2.24, 2.45) is 0 Å². The molecule has 7 nitrogen and oxygen atoms in total. The summed E-state index contributed by atoms with van der Waals surface area (Å²) < 4.78 is 5.10. The molecule has 8 heteroatoms. The highest BCUT2D eigenvalue weighted by Crippen LogP contribution is 2.28. The number of nitrogens with zero attached hydrogens (tertiary/aromatic N) is 1. The van der Waals surface area contributed by atoms with E-state index >= 15 is 0 Å². The van der Waals surface area contributed by atoms with Crippen molar-refractivity contribution >= 4 is 34.7 Å². The highest BCUT2D eigenvalue weighted by atomic mass is 35.5. The van der Waals surface area contributed by atoms with Gasteiger partial charge in [0.15, 0.2) is 0 Å². The Balaban J connectivity index is 2.18. The summed E-state index contributed by atoms with van der Waals surface area (Å²) in [6.07, 6.45) is 0. The summed E-state index contributed by atoms with van der Waals surface area (Å²) in [5, 5.41) is 16.3. The number of hydrogen-bond acceptors (Lipinski definition) is 4. The van der Waals surface area contributed by atoms with Crippen molar-refractivity contribution < 1.29 is 14.5 Å². The molecule has 0 aliphatic carbocycles. The highest BCUT2D eigenvalue weighted by Gasteiger charge is 2.15. The number of anilines is 2. The number of ether oxygens (including phenoxy) is 1. The van der Waals surface area contributed by atoms with Gasteiger partial charge in [-0.25, -0.2) is 4.79 Å². The zero-order valence-corrected chi connectivity index (χ0v) is 12.3. The Morgan fingerprint density at radius 1 is 1.18 bits per heavy atom. The number of para-hydroxylation sites is 2. The number of nitro benzene ring substituents is 1. The first kappa shape index (κ1) is 15.6. The monoisotopic (exact) mass is 321 g/mol. The third-order valence-corrected chi connectivity index (χ3v) is 2.99. The molecule has 114 valence electrons. The molecule has 0 bridgehead atoms. The first-order valence-corrected chi connectivity index (χ1v) is 6.54. The van der Waals surface area contributed by atoms with Crippen molar-refractivity contribution in [3.8, 4) is 5.75 Å². The Labute approximate surface area is 131 Å². The summed E-state index contributed by atoms with van der Waals surface area (Å²) in [5.41, 5.74) is 0.243. The van der Waals surface area contributed by atoms with Gasteiger partial charge in [0.1, 0.15) is 11.4 Å². The van der Waals surface area contributed by atoms with Crippen LogP contribution in [0.15, 0.2) is 42.5 Å². The van der Waals surface area contributed by atoms with Crippen LogP contribution in [-0.2, 0) is 0 Å². The van der Waals surface area contributed by atoms with E-state index in [9.17, 15) is 14.9 Å². The number of hydrogen-bond donors (Lipinski definition) is 2. The lowest BCUT2D eigenvalue weighted by Gasteiger charge is -2.11. The fourth-order valence-electron chi connectivity index (χ4n) is 1.79. The van der Waals surface area contributed by atoms with Gasteiger partial charge in [-0.15, -0.1) is 0 Å². The molecule has 0 radical (unpaired) electrons. The van der Waals surface area contributed by atoms with E-state index in [4.69, 9.17) is 16.3 Å². The molecule has 2 aromatic carbocycles. The number of nitro groups is 1. The minimum atomic E-state index is -0.644. The molecule has 2 aromatic rings. The second kappa shape index (κ2) is 6.77. The highest BCUT2D eigenvalue weighted by molar-refractivity contribution is 6.31. The summed E-state index contributed by atoms with van der Waals surface area (Å²) in [4.78, 5) is 22.3. The first-order chi connectivity index (χ1) is 10.5. The first-order valence-electron chi connectivity index (χ1n) is 6.16. The van der Waals surface area contributed by atoms with Crippen LogP contribution in [0.3, 0.4) is 0 Å². The zero-order valence-electron chi connectivity index (χ0n) is 11.5. The molecule has 2 rings (SSSR count). The predicted octanol–water partition coefficient (Wildman–Crippen LogP) is 3.90. The maximum absolute atomic E-state index is 12.0. The fraction of sp³-hybridized carbons (Fsp3) is 0.0714. The normalized spacial score (nSPS) is 9.91. The lowest BCUT2D eigenvalue weighted by atomic mass is 10.2. The van der Waals surface area contributed by atoms with Crippen molar-refractivity contribution in [1.82, 2.24) is 0 Å². The van der Waals surface area contributed by atoms with E-state index in [0.717, 1.165) is 0 Å². The lowest BCUT2D eigenvalue weighted by molar-refractivity contribution is -0.383. The second-order valence-electron chi connectivity index (χ2n) is 4.20. The molecule has 22 heavy (non-hydrogen) atoms. The van der Waals surface area contributed by atoms with Gasteiger partial charge in [-0.05, 0) is 24.3 Å². The van der Waals surface area contributed by atoms with Gasteiger partial charge < -0.3 is 15.4 Å². The molecule has 0 atom stereocenters. The Hall–Kier alpha value is -2.80. The second-order valence-corrected chi connectivity index (χ2v) is 4.63. The molecule has 0 fully saturated rings. The van der Waals surface area contributed by atoms with Gasteiger partial charge in [0, 0.05) is 11.1 Å². The Bertz CT molecular complexity index is 721. The van der Waals surface area contributed by atoms with Crippen LogP contribution in [0.2, 0.25) is 5.02 Å². The summed E-state index contributed by atoms with van der Waals surface area (Å²) in [5.74, 6) is 0.419. The van der Waals surface area contributed by atoms with Crippen LogP contribution in [0.25, 0.3) is 0 Å². The van der Waals surface area contributed by atoms with Gasteiger partial charge in [0.2, 0.25) is 0 Å². The van der Waals surface area contributed by atoms with E-state index in [1.165, 1.54) is 31.4 Å². The molecule has 0 heterocycles. The molecule has 0 aliphatic rings. The van der Waals surface area contributed by atoms with Gasteiger partial charge in [-0.1, -0.05) is 23.7 Å². The SMILES string of the molecule is COc1ccc(Cl)cc1NC(=O)Nc1ccccc1[N+](=O)[O-]. The number of amides is 2. The number of carbonyl (C=O) groups excluding carboxylic acids is 1. The number of rotatable bonds is 4. The van der Waals surface area contributed by atoms with Gasteiger partial charge in [0.05, 0.1) is 17.7 Å². The van der Waals surface area contributed by atoms with Crippen LogP contribution in [0.4, 0.5) is 21.9 Å². The number of nitrogens with one attached hydrogen (secondary N) is 2. The fourth-order valence-corrected chi connectivity index (χ4v) is 1.96. The van der Waals surface area contributed by atoms with E-state index in [-0.39, 0.29) is 11.4 Å². The number of urea groups is 1. The summed E-state index contributed by atoms with van der Waals surface area (Å²) in [6.45, 7) is 0. The van der Waals surface area contributed by atoms with Crippen molar-refractivity contribution in [3.05, 3.63) is 57.6 Å². The Kier molecular flexibility index (Phi) is 4.80. The van der Waals surface area contributed by atoms with Gasteiger partial charge in [-0.2, -0.15) is 0 Å². The third-order valence-electron chi connectivity index (χ3n) is 2.76. The number of benzene rings is 2. The van der Waals surface area contributed by atoms with E-state index < -0.39 is 11.0 Å². The number of methoxy groups -OCH3 is 1. The molecule has 0 spiro atoms. The maximum atomic E-state index is 12.0. The van der Waals surface area contributed by atoms with Crippen molar-refractivity contribution in [2.45, 2.75) is 0 Å². The molecule has 0 unspecified atom stereocenters. The number of carbonyl (C=O) groups is 1. The van der Waals surface area contributed by atoms with E-state index in [2.05, 4.69) is 10.6 Å². The molecule has 0 saturated heterocycles. The van der Waals surface area contributed by atoms with Crippen LogP contribution < -0.4 is 15.4 Å². The van der Waals surface area contributed by atoms with Crippen LogP contribution in [0, 0.1) is 10.1 Å². The summed E-state index contributed by atoms with van der Waals surface area (Å²) in [6, 6.07) is 9.93. The average Bonchev–Trinajstić information content (AvgIpc) is 2.47. The van der Waals surface area contributed by atoms with Crippen molar-refractivity contribution in [1.29, 1.82) is 0 Å². The van der Waals surface area contributed by atoms with Crippen molar-refractivity contribution in [3.63, 3.8) is 0 Å². The molecule has 2 N–H and O–H groups in total. The minimum absolute atomic E-state index is 0.0889. The Morgan fingerprint density at radius 3 is 2.55 bits per heavy atom. The molecular weight excluding hydrogens is 310 g/mol. The predicted molar refractivity (Wildman–Crippen MR) is 83.7 cm³/mol. The van der Waals surface area contributed by atoms with E-state index in [1.807, 2.05) is 0 Å². The van der Waals surface area contributed by atoms with Crippen LogP contribution in [0.1, 0.15) is 0 Å². The minimum Gasteiger partial charge on any atom is -0.495 e. The molecule has 0 aliphatic heterocycles. The van der Waals surface area contributed by atoms with Crippen LogP contribution in [0.5, 0.6) is 5.75 Å². The van der Waals surface area contributed by atoms with Crippen molar-refractivity contribution in [2.75, 3.05) is 17.7 Å². The average molecular weight is 322 g/mol. The standard InChI is InChI=1S/C14H12ClN3O4/c1-22-13-7-6-9(15)8-11(13)17-14(19)16-10-4-2-3-5-12(10)18(20)21/h2-8H,1H3,(H2,16,17,19). The molecular formula is C14H12ClN3O4. The molecule has 0 saturated carbocycles. The maximum Gasteiger partial charge on any atom is 0.323 e. The third kappa shape index (κ3) is 3.64. The summed E-state index contributed by atoms with van der Waals surface area (Å²) in [7, 11) is 1.45.